The van der Waals surface area contributed by atoms with Crippen LogP contribution in [0.25, 0.3) is 0 Å². The third-order valence-electron chi connectivity index (χ3n) is 2.47. The van der Waals surface area contributed by atoms with E-state index in [4.69, 9.17) is 21.4 Å². The van der Waals surface area contributed by atoms with Crippen LogP contribution in [0.15, 0.2) is 21.5 Å². The smallest absolute Gasteiger partial charge is 0.307 e. The fourth-order valence-corrected chi connectivity index (χ4v) is 3.85. The maximum Gasteiger partial charge on any atom is 0.307 e. The second-order valence-corrected chi connectivity index (χ2v) is 7.04. The number of benzene rings is 1. The maximum absolute atomic E-state index is 12.2. The number of carboxylic acids is 1. The molecule has 0 fully saturated rings. The number of aliphatic carboxylic acids is 1. The summed E-state index contributed by atoms with van der Waals surface area (Å²) in [7, 11) is -2.60. The first-order chi connectivity index (χ1) is 9.19. The molecule has 0 aliphatic carbocycles. The number of methoxy groups -OCH3 is 1. The Bertz CT molecular complexity index is 619. The van der Waals surface area contributed by atoms with Crippen molar-refractivity contribution >= 4 is 43.5 Å². The molecule has 1 unspecified atom stereocenters. The summed E-state index contributed by atoms with van der Waals surface area (Å²) in [6.07, 6.45) is 0. The zero-order valence-corrected chi connectivity index (χ0v) is 13.8. The standard InChI is InChI=1S/C11H13BrClNO5S/c1-6(11(15)16)5-14-20(17,18)9-4-7(13)3-8(12)10(9)19-2/h3-4,6,14H,5H2,1-2H3,(H,15,16). The van der Waals surface area contributed by atoms with Crippen molar-refractivity contribution in [2.45, 2.75) is 11.8 Å². The van der Waals surface area contributed by atoms with E-state index in [0.717, 1.165) is 0 Å². The van der Waals surface area contributed by atoms with Crippen molar-refractivity contribution in [3.63, 3.8) is 0 Å². The summed E-state index contributed by atoms with van der Waals surface area (Å²) in [4.78, 5) is 10.5. The molecule has 1 rings (SSSR count). The third kappa shape index (κ3) is 4.08. The van der Waals surface area contributed by atoms with Gasteiger partial charge < -0.3 is 9.84 Å². The first-order valence-corrected chi connectivity index (χ1v) is 8.10. The number of ether oxygens (including phenoxy) is 1. The van der Waals surface area contributed by atoms with Gasteiger partial charge in [-0.3, -0.25) is 4.79 Å². The highest BCUT2D eigenvalue weighted by molar-refractivity contribution is 9.10. The highest BCUT2D eigenvalue weighted by atomic mass is 79.9. The predicted octanol–water partition coefficient (Wildman–Crippen LogP) is 2.11. The molecule has 0 spiro atoms. The molecule has 1 aromatic carbocycles. The first-order valence-electron chi connectivity index (χ1n) is 5.44. The number of rotatable bonds is 6. The van der Waals surface area contributed by atoms with E-state index in [9.17, 15) is 13.2 Å². The molecule has 0 aliphatic heterocycles. The Labute approximate surface area is 130 Å². The minimum absolute atomic E-state index is 0.102. The molecule has 9 heteroatoms. The summed E-state index contributed by atoms with van der Waals surface area (Å²) in [5.74, 6) is -1.84. The molecule has 0 heterocycles. The first kappa shape index (κ1) is 17.2. The van der Waals surface area contributed by atoms with Crippen molar-refractivity contribution in [2.24, 2.45) is 5.92 Å². The van der Waals surface area contributed by atoms with Gasteiger partial charge in [-0.15, -0.1) is 0 Å². The minimum Gasteiger partial charge on any atom is -0.494 e. The van der Waals surface area contributed by atoms with Crippen LogP contribution in [-0.4, -0.2) is 33.1 Å². The van der Waals surface area contributed by atoms with Gasteiger partial charge >= 0.3 is 5.97 Å². The van der Waals surface area contributed by atoms with Gasteiger partial charge in [0.1, 0.15) is 4.90 Å². The van der Waals surface area contributed by atoms with E-state index in [1.165, 1.54) is 26.2 Å². The van der Waals surface area contributed by atoms with E-state index in [2.05, 4.69) is 20.7 Å². The highest BCUT2D eigenvalue weighted by Gasteiger charge is 2.24. The molecule has 112 valence electrons. The fourth-order valence-electron chi connectivity index (χ4n) is 1.33. The molecule has 0 amide bonds. The summed E-state index contributed by atoms with van der Waals surface area (Å²) >= 11 is 8.98. The molecule has 0 saturated heterocycles. The van der Waals surface area contributed by atoms with Gasteiger partial charge in [-0.25, -0.2) is 13.1 Å². The van der Waals surface area contributed by atoms with Crippen molar-refractivity contribution < 1.29 is 23.1 Å². The van der Waals surface area contributed by atoms with E-state index < -0.39 is 21.9 Å². The molecule has 2 N–H and O–H groups in total. The molecule has 0 radical (unpaired) electrons. The van der Waals surface area contributed by atoms with Gasteiger partial charge in [0, 0.05) is 11.6 Å². The van der Waals surface area contributed by atoms with Crippen molar-refractivity contribution in [3.8, 4) is 5.75 Å². The van der Waals surface area contributed by atoms with Crippen LogP contribution in [0.2, 0.25) is 5.02 Å². The predicted molar refractivity (Wildman–Crippen MR) is 77.7 cm³/mol. The number of hydrogen-bond acceptors (Lipinski definition) is 4. The zero-order chi connectivity index (χ0) is 15.5. The van der Waals surface area contributed by atoms with Crippen molar-refractivity contribution in [1.82, 2.24) is 4.72 Å². The van der Waals surface area contributed by atoms with Crippen molar-refractivity contribution in [1.29, 1.82) is 0 Å². The van der Waals surface area contributed by atoms with Gasteiger partial charge in [-0.2, -0.15) is 0 Å². The van der Waals surface area contributed by atoms with Crippen LogP contribution in [0.4, 0.5) is 0 Å². The van der Waals surface area contributed by atoms with Gasteiger partial charge in [-0.05, 0) is 28.1 Å². The molecular weight excluding hydrogens is 374 g/mol. The molecule has 1 aromatic rings. The van der Waals surface area contributed by atoms with Crippen LogP contribution in [-0.2, 0) is 14.8 Å². The van der Waals surface area contributed by atoms with Crippen LogP contribution in [0, 0.1) is 5.92 Å². The van der Waals surface area contributed by atoms with E-state index in [-0.39, 0.29) is 22.2 Å². The lowest BCUT2D eigenvalue weighted by molar-refractivity contribution is -0.140. The molecule has 0 aliphatic rings. The van der Waals surface area contributed by atoms with E-state index in [1.54, 1.807) is 0 Å². The van der Waals surface area contributed by atoms with Gasteiger partial charge in [0.2, 0.25) is 10.0 Å². The second-order valence-electron chi connectivity index (χ2n) is 4.01. The number of carboxylic acid groups (broad SMARTS) is 1. The van der Waals surface area contributed by atoms with Crippen LogP contribution in [0.1, 0.15) is 6.92 Å². The Morgan fingerprint density at radius 1 is 1.55 bits per heavy atom. The number of hydrogen-bond donors (Lipinski definition) is 2. The zero-order valence-electron chi connectivity index (χ0n) is 10.7. The SMILES string of the molecule is COc1c(Br)cc(Cl)cc1S(=O)(=O)NCC(C)C(=O)O. The Morgan fingerprint density at radius 3 is 2.65 bits per heavy atom. The molecule has 0 saturated carbocycles. The van der Waals surface area contributed by atoms with Crippen LogP contribution in [0.5, 0.6) is 5.75 Å². The molecule has 0 aromatic heterocycles. The molecule has 1 atom stereocenters. The van der Waals surface area contributed by atoms with E-state index >= 15 is 0 Å². The number of sulfonamides is 1. The van der Waals surface area contributed by atoms with Gasteiger partial charge in [0.05, 0.1) is 17.5 Å². The number of carbonyl (C=O) groups is 1. The molecule has 6 nitrogen and oxygen atoms in total. The third-order valence-corrected chi connectivity index (χ3v) is 4.71. The monoisotopic (exact) mass is 385 g/mol. The Morgan fingerprint density at radius 2 is 2.15 bits per heavy atom. The largest absolute Gasteiger partial charge is 0.494 e. The van der Waals surface area contributed by atoms with Gasteiger partial charge in [-0.1, -0.05) is 18.5 Å². The van der Waals surface area contributed by atoms with Crippen molar-refractivity contribution in [2.75, 3.05) is 13.7 Å². The second kappa shape index (κ2) is 6.75. The summed E-state index contributed by atoms with van der Waals surface area (Å²) in [6, 6.07) is 2.73. The summed E-state index contributed by atoms with van der Waals surface area (Å²) < 4.78 is 32.0. The Hall–Kier alpha value is -0.830. The average Bonchev–Trinajstić information content (AvgIpc) is 2.35. The molecule has 0 bridgehead atoms. The lowest BCUT2D eigenvalue weighted by Crippen LogP contribution is -2.31. The molecular formula is C11H13BrClNO5S. The number of halogens is 2. The van der Waals surface area contributed by atoms with Gasteiger partial charge in [0.15, 0.2) is 5.75 Å². The van der Waals surface area contributed by atoms with Crippen molar-refractivity contribution in [3.05, 3.63) is 21.6 Å². The van der Waals surface area contributed by atoms with E-state index in [1.807, 2.05) is 0 Å². The van der Waals surface area contributed by atoms with Crippen LogP contribution in [0.3, 0.4) is 0 Å². The van der Waals surface area contributed by atoms with E-state index in [0.29, 0.717) is 4.47 Å². The lowest BCUT2D eigenvalue weighted by atomic mass is 10.2. The quantitative estimate of drug-likeness (QED) is 0.781. The Balaban J connectivity index is 3.13. The summed E-state index contributed by atoms with van der Waals surface area (Å²) in [5, 5.41) is 8.96. The minimum atomic E-state index is -3.93. The fraction of sp³-hybridized carbons (Fsp3) is 0.364. The lowest BCUT2D eigenvalue weighted by Gasteiger charge is -2.13. The van der Waals surface area contributed by atoms with Gasteiger partial charge in [0.25, 0.3) is 0 Å². The maximum atomic E-state index is 12.2. The van der Waals surface area contributed by atoms with Crippen LogP contribution >= 0.6 is 27.5 Å². The Kier molecular flexibility index (Phi) is 5.81. The average molecular weight is 387 g/mol. The summed E-state index contributed by atoms with van der Waals surface area (Å²) in [6.45, 7) is 1.17. The number of nitrogens with one attached hydrogen (secondary N) is 1. The topological polar surface area (TPSA) is 92.7 Å². The van der Waals surface area contributed by atoms with Crippen LogP contribution < -0.4 is 9.46 Å². The summed E-state index contributed by atoms with van der Waals surface area (Å²) in [5.41, 5.74) is 0. The molecule has 20 heavy (non-hydrogen) atoms. The highest BCUT2D eigenvalue weighted by Crippen LogP contribution is 2.35. The normalized spacial score (nSPS) is 13.0.